The summed E-state index contributed by atoms with van der Waals surface area (Å²) in [5, 5.41) is 0. The highest BCUT2D eigenvalue weighted by Crippen LogP contribution is 2.65. The molecule has 13 heavy (non-hydrogen) atoms. The van der Waals surface area contributed by atoms with Gasteiger partial charge in [-0.2, -0.15) is 0 Å². The minimum absolute atomic E-state index is 0.225. The van der Waals surface area contributed by atoms with Crippen LogP contribution in [-0.4, -0.2) is 5.54 Å². The second-order valence-electron chi connectivity index (χ2n) is 6.99. The third-order valence-electron chi connectivity index (χ3n) is 4.67. The third kappa shape index (κ3) is 1.09. The van der Waals surface area contributed by atoms with Crippen molar-refractivity contribution in [2.24, 2.45) is 22.5 Å². The van der Waals surface area contributed by atoms with Crippen molar-refractivity contribution in [2.75, 3.05) is 0 Å². The zero-order valence-electron chi connectivity index (χ0n) is 8.90. The van der Waals surface area contributed by atoms with E-state index in [0.717, 1.165) is 5.92 Å². The second kappa shape index (κ2) is 1.98. The van der Waals surface area contributed by atoms with Gasteiger partial charge in [0.1, 0.15) is 0 Å². The van der Waals surface area contributed by atoms with Crippen molar-refractivity contribution >= 4 is 0 Å². The van der Waals surface area contributed by atoms with Gasteiger partial charge < -0.3 is 5.73 Å². The van der Waals surface area contributed by atoms with Gasteiger partial charge in [0, 0.05) is 5.54 Å². The Hall–Kier alpha value is -0.0400. The van der Waals surface area contributed by atoms with Crippen LogP contribution in [-0.2, 0) is 0 Å². The number of hydrogen-bond acceptors (Lipinski definition) is 1. The standard InChI is InChI=1S/C12H21N/c1-10-3-9-4-11(2,6-10)8-12(13,5-9)7-10/h9H,3-8,13H2,1-2H3/t9?,10-,11+,12?. The second-order valence-corrected chi connectivity index (χ2v) is 6.99. The maximum atomic E-state index is 6.49. The first-order chi connectivity index (χ1) is 5.91. The van der Waals surface area contributed by atoms with Gasteiger partial charge in [0.2, 0.25) is 0 Å². The molecular formula is C12H21N. The van der Waals surface area contributed by atoms with Gasteiger partial charge in [-0.15, -0.1) is 0 Å². The molecule has 2 unspecified atom stereocenters. The molecule has 4 aliphatic rings. The summed E-state index contributed by atoms with van der Waals surface area (Å²) < 4.78 is 0. The highest BCUT2D eigenvalue weighted by molar-refractivity contribution is 5.12. The molecule has 4 aliphatic carbocycles. The van der Waals surface area contributed by atoms with E-state index in [9.17, 15) is 0 Å². The lowest BCUT2D eigenvalue weighted by Crippen LogP contribution is -2.62. The van der Waals surface area contributed by atoms with E-state index in [1.165, 1.54) is 38.5 Å². The van der Waals surface area contributed by atoms with Crippen LogP contribution >= 0.6 is 0 Å². The van der Waals surface area contributed by atoms with E-state index in [0.29, 0.717) is 10.8 Å². The molecule has 0 radical (unpaired) electrons. The molecule has 0 amide bonds. The number of rotatable bonds is 0. The molecule has 74 valence electrons. The lowest BCUT2D eigenvalue weighted by molar-refractivity contribution is -0.104. The quantitative estimate of drug-likeness (QED) is 0.608. The summed E-state index contributed by atoms with van der Waals surface area (Å²) in [7, 11) is 0. The topological polar surface area (TPSA) is 26.0 Å². The summed E-state index contributed by atoms with van der Waals surface area (Å²) in [4.78, 5) is 0. The fraction of sp³-hybridized carbons (Fsp3) is 1.00. The average Bonchev–Trinajstić information content (AvgIpc) is 1.71. The maximum Gasteiger partial charge on any atom is 0.0167 e. The van der Waals surface area contributed by atoms with Crippen LogP contribution in [0.25, 0.3) is 0 Å². The highest BCUT2D eigenvalue weighted by Gasteiger charge is 2.58. The van der Waals surface area contributed by atoms with Crippen LogP contribution in [0.4, 0.5) is 0 Å². The predicted octanol–water partition coefficient (Wildman–Crippen LogP) is 2.69. The summed E-state index contributed by atoms with van der Waals surface area (Å²) in [6.45, 7) is 4.94. The minimum Gasteiger partial charge on any atom is -0.325 e. The van der Waals surface area contributed by atoms with Crippen LogP contribution in [0, 0.1) is 16.7 Å². The van der Waals surface area contributed by atoms with E-state index in [-0.39, 0.29) is 5.54 Å². The Kier molecular flexibility index (Phi) is 1.26. The molecule has 4 bridgehead atoms. The number of nitrogens with two attached hydrogens (primary N) is 1. The first kappa shape index (κ1) is 8.28. The molecule has 4 saturated carbocycles. The van der Waals surface area contributed by atoms with Gasteiger partial charge in [-0.3, -0.25) is 0 Å². The smallest absolute Gasteiger partial charge is 0.0167 e. The van der Waals surface area contributed by atoms with Crippen molar-refractivity contribution < 1.29 is 0 Å². The van der Waals surface area contributed by atoms with Crippen LogP contribution in [0.15, 0.2) is 0 Å². The average molecular weight is 179 g/mol. The van der Waals surface area contributed by atoms with Gasteiger partial charge >= 0.3 is 0 Å². The van der Waals surface area contributed by atoms with Gasteiger partial charge in [0.25, 0.3) is 0 Å². The van der Waals surface area contributed by atoms with E-state index in [2.05, 4.69) is 13.8 Å². The normalized spacial score (nSPS) is 64.4. The van der Waals surface area contributed by atoms with Crippen molar-refractivity contribution in [1.29, 1.82) is 0 Å². The summed E-state index contributed by atoms with van der Waals surface area (Å²) >= 11 is 0. The first-order valence-electron chi connectivity index (χ1n) is 5.70. The van der Waals surface area contributed by atoms with E-state index in [1.807, 2.05) is 0 Å². The molecule has 4 atom stereocenters. The molecule has 0 spiro atoms. The van der Waals surface area contributed by atoms with Crippen molar-refractivity contribution in [2.45, 2.75) is 57.9 Å². The Bertz CT molecular complexity index is 207. The van der Waals surface area contributed by atoms with Crippen molar-refractivity contribution in [1.82, 2.24) is 0 Å². The predicted molar refractivity (Wildman–Crippen MR) is 54.3 cm³/mol. The molecule has 4 rings (SSSR count). The zero-order valence-corrected chi connectivity index (χ0v) is 8.90. The molecule has 1 nitrogen and oxygen atoms in total. The molecule has 2 N–H and O–H groups in total. The van der Waals surface area contributed by atoms with Gasteiger partial charge in [-0.05, 0) is 55.3 Å². The van der Waals surface area contributed by atoms with Crippen LogP contribution in [0.1, 0.15) is 52.4 Å². The Labute approximate surface area is 81.1 Å². The Morgan fingerprint density at radius 2 is 1.46 bits per heavy atom. The molecule has 0 aromatic carbocycles. The van der Waals surface area contributed by atoms with Crippen LogP contribution in [0.5, 0.6) is 0 Å². The van der Waals surface area contributed by atoms with E-state index < -0.39 is 0 Å². The monoisotopic (exact) mass is 179 g/mol. The van der Waals surface area contributed by atoms with Gasteiger partial charge in [-0.25, -0.2) is 0 Å². The summed E-state index contributed by atoms with van der Waals surface area (Å²) in [5.74, 6) is 0.955. The molecule has 0 aliphatic heterocycles. The van der Waals surface area contributed by atoms with Crippen molar-refractivity contribution in [3.05, 3.63) is 0 Å². The highest BCUT2D eigenvalue weighted by atomic mass is 14.8. The summed E-state index contributed by atoms with van der Waals surface area (Å²) in [6, 6.07) is 0. The largest absolute Gasteiger partial charge is 0.325 e. The third-order valence-corrected chi connectivity index (χ3v) is 4.67. The Morgan fingerprint density at radius 1 is 0.923 bits per heavy atom. The molecule has 0 heterocycles. The molecule has 0 aromatic rings. The van der Waals surface area contributed by atoms with Gasteiger partial charge in [-0.1, -0.05) is 13.8 Å². The zero-order chi connectivity index (χ0) is 9.32. The minimum atomic E-state index is 0.225. The van der Waals surface area contributed by atoms with Crippen molar-refractivity contribution in [3.8, 4) is 0 Å². The van der Waals surface area contributed by atoms with Gasteiger partial charge in [0.05, 0.1) is 0 Å². The van der Waals surface area contributed by atoms with Crippen LogP contribution in [0.3, 0.4) is 0 Å². The number of hydrogen-bond donors (Lipinski definition) is 1. The summed E-state index contributed by atoms with van der Waals surface area (Å²) in [5.41, 5.74) is 7.92. The van der Waals surface area contributed by atoms with E-state index in [4.69, 9.17) is 5.73 Å². The lowest BCUT2D eigenvalue weighted by Gasteiger charge is -2.64. The van der Waals surface area contributed by atoms with E-state index in [1.54, 1.807) is 0 Å². The lowest BCUT2D eigenvalue weighted by atomic mass is 9.43. The Balaban J connectivity index is 2.03. The van der Waals surface area contributed by atoms with Crippen LogP contribution in [0.2, 0.25) is 0 Å². The SMILES string of the molecule is C[C@]12CC3CC(N)(C1)C[C@@](C)(C3)C2. The fourth-order valence-electron chi connectivity index (χ4n) is 5.54. The first-order valence-corrected chi connectivity index (χ1v) is 5.70. The van der Waals surface area contributed by atoms with Crippen molar-refractivity contribution in [3.63, 3.8) is 0 Å². The fourth-order valence-corrected chi connectivity index (χ4v) is 5.54. The van der Waals surface area contributed by atoms with Gasteiger partial charge in [0.15, 0.2) is 0 Å². The van der Waals surface area contributed by atoms with E-state index >= 15 is 0 Å². The van der Waals surface area contributed by atoms with Crippen LogP contribution < -0.4 is 5.73 Å². The molecule has 1 heteroatoms. The maximum absolute atomic E-state index is 6.49. The summed E-state index contributed by atoms with van der Waals surface area (Å²) in [6.07, 6.45) is 8.27. The molecular weight excluding hydrogens is 158 g/mol. The Morgan fingerprint density at radius 3 is 1.85 bits per heavy atom. The molecule has 0 saturated heterocycles. The molecule has 0 aromatic heterocycles. The molecule has 4 fully saturated rings.